The first-order valence-corrected chi connectivity index (χ1v) is 7.48. The minimum absolute atomic E-state index is 0.916. The standard InChI is InChI=1S/C14H31N3/c1-4-11-17(14-7-8-14)13-10-15-9-12-16(5-2)6-3/h14-15H,4-13H2,1-3H3. The molecule has 0 radical (unpaired) electrons. The lowest BCUT2D eigenvalue weighted by Crippen LogP contribution is -2.37. The van der Waals surface area contributed by atoms with Crippen molar-refractivity contribution in [3.8, 4) is 0 Å². The Labute approximate surface area is 108 Å². The van der Waals surface area contributed by atoms with Gasteiger partial charge >= 0.3 is 0 Å². The second-order valence-electron chi connectivity index (χ2n) is 5.04. The van der Waals surface area contributed by atoms with Crippen molar-refractivity contribution in [3.63, 3.8) is 0 Å². The van der Waals surface area contributed by atoms with Gasteiger partial charge in [0.25, 0.3) is 0 Å². The quantitative estimate of drug-likeness (QED) is 0.556. The van der Waals surface area contributed by atoms with E-state index >= 15 is 0 Å². The summed E-state index contributed by atoms with van der Waals surface area (Å²) in [6.45, 7) is 15.1. The van der Waals surface area contributed by atoms with Gasteiger partial charge in [0.05, 0.1) is 0 Å². The van der Waals surface area contributed by atoms with E-state index in [9.17, 15) is 0 Å². The summed E-state index contributed by atoms with van der Waals surface area (Å²) in [5.41, 5.74) is 0. The molecule has 1 saturated carbocycles. The third-order valence-electron chi connectivity index (χ3n) is 3.65. The molecule has 3 heteroatoms. The summed E-state index contributed by atoms with van der Waals surface area (Å²) in [6.07, 6.45) is 4.15. The number of rotatable bonds is 11. The lowest BCUT2D eigenvalue weighted by atomic mass is 10.3. The summed E-state index contributed by atoms with van der Waals surface area (Å²) in [5.74, 6) is 0. The average molecular weight is 241 g/mol. The second-order valence-corrected chi connectivity index (χ2v) is 5.04. The van der Waals surface area contributed by atoms with E-state index < -0.39 is 0 Å². The van der Waals surface area contributed by atoms with Crippen molar-refractivity contribution in [2.75, 3.05) is 45.8 Å². The summed E-state index contributed by atoms with van der Waals surface area (Å²) in [5, 5.41) is 3.57. The van der Waals surface area contributed by atoms with Crippen molar-refractivity contribution < 1.29 is 0 Å². The van der Waals surface area contributed by atoms with Crippen LogP contribution in [0.3, 0.4) is 0 Å². The zero-order valence-corrected chi connectivity index (χ0v) is 12.0. The molecule has 0 atom stereocenters. The lowest BCUT2D eigenvalue weighted by Gasteiger charge is -2.22. The molecule has 0 bridgehead atoms. The Bertz CT molecular complexity index is 176. The van der Waals surface area contributed by atoms with Gasteiger partial charge in [0.2, 0.25) is 0 Å². The van der Waals surface area contributed by atoms with Crippen molar-refractivity contribution in [3.05, 3.63) is 0 Å². The molecule has 0 heterocycles. The molecule has 1 N–H and O–H groups in total. The van der Waals surface area contributed by atoms with E-state index in [4.69, 9.17) is 0 Å². The molecule has 0 aromatic rings. The largest absolute Gasteiger partial charge is 0.314 e. The van der Waals surface area contributed by atoms with Crippen LogP contribution in [0.25, 0.3) is 0 Å². The van der Waals surface area contributed by atoms with Crippen molar-refractivity contribution in [1.29, 1.82) is 0 Å². The van der Waals surface area contributed by atoms with Gasteiger partial charge in [-0.05, 0) is 38.9 Å². The van der Waals surface area contributed by atoms with E-state index in [-0.39, 0.29) is 0 Å². The van der Waals surface area contributed by atoms with Gasteiger partial charge in [0.15, 0.2) is 0 Å². The molecule has 0 aliphatic heterocycles. The summed E-state index contributed by atoms with van der Waals surface area (Å²) >= 11 is 0. The van der Waals surface area contributed by atoms with E-state index in [0.717, 1.165) is 19.1 Å². The highest BCUT2D eigenvalue weighted by Gasteiger charge is 2.27. The number of nitrogens with one attached hydrogen (secondary N) is 1. The van der Waals surface area contributed by atoms with Crippen LogP contribution in [0.4, 0.5) is 0 Å². The molecule has 102 valence electrons. The molecule has 3 nitrogen and oxygen atoms in total. The van der Waals surface area contributed by atoms with Crippen LogP contribution in [-0.4, -0.2) is 61.7 Å². The molecule has 1 rings (SSSR count). The third kappa shape index (κ3) is 6.39. The molecule has 0 aromatic carbocycles. The fourth-order valence-electron chi connectivity index (χ4n) is 2.33. The molecule has 17 heavy (non-hydrogen) atoms. The van der Waals surface area contributed by atoms with Gasteiger partial charge in [-0.25, -0.2) is 0 Å². The molecule has 1 aliphatic rings. The van der Waals surface area contributed by atoms with Crippen molar-refractivity contribution in [1.82, 2.24) is 15.1 Å². The van der Waals surface area contributed by atoms with Crippen LogP contribution in [0.5, 0.6) is 0 Å². The molecule has 1 fully saturated rings. The van der Waals surface area contributed by atoms with Gasteiger partial charge in [-0.3, -0.25) is 4.90 Å². The molecule has 1 aliphatic carbocycles. The number of nitrogens with zero attached hydrogens (tertiary/aromatic N) is 2. The monoisotopic (exact) mass is 241 g/mol. The van der Waals surface area contributed by atoms with Crippen LogP contribution in [0, 0.1) is 0 Å². The van der Waals surface area contributed by atoms with Gasteiger partial charge in [-0.15, -0.1) is 0 Å². The maximum absolute atomic E-state index is 3.57. The maximum Gasteiger partial charge on any atom is 0.0110 e. The highest BCUT2D eigenvalue weighted by atomic mass is 15.2. The summed E-state index contributed by atoms with van der Waals surface area (Å²) in [7, 11) is 0. The topological polar surface area (TPSA) is 18.5 Å². The van der Waals surface area contributed by atoms with Gasteiger partial charge in [0, 0.05) is 32.2 Å². The average Bonchev–Trinajstić information content (AvgIpc) is 3.16. The first-order valence-electron chi connectivity index (χ1n) is 7.48. The van der Waals surface area contributed by atoms with Gasteiger partial charge in [-0.1, -0.05) is 20.8 Å². The van der Waals surface area contributed by atoms with Crippen LogP contribution >= 0.6 is 0 Å². The Kier molecular flexibility index (Phi) is 7.82. The summed E-state index contributed by atoms with van der Waals surface area (Å²) in [6, 6.07) is 0.916. The van der Waals surface area contributed by atoms with E-state index in [1.54, 1.807) is 0 Å². The van der Waals surface area contributed by atoms with Crippen molar-refractivity contribution in [2.24, 2.45) is 0 Å². The molecule has 0 amide bonds. The minimum Gasteiger partial charge on any atom is -0.314 e. The highest BCUT2D eigenvalue weighted by Crippen LogP contribution is 2.26. The fraction of sp³-hybridized carbons (Fsp3) is 1.00. The molecular weight excluding hydrogens is 210 g/mol. The van der Waals surface area contributed by atoms with E-state index in [2.05, 4.69) is 35.9 Å². The van der Waals surface area contributed by atoms with Crippen LogP contribution in [0.15, 0.2) is 0 Å². The SMILES string of the molecule is CCCN(CCNCCN(CC)CC)C1CC1. The molecule has 0 unspecified atom stereocenters. The Hall–Kier alpha value is -0.120. The number of likely N-dealkylation sites (N-methyl/N-ethyl adjacent to an activating group) is 1. The highest BCUT2D eigenvalue weighted by molar-refractivity contribution is 4.84. The van der Waals surface area contributed by atoms with Gasteiger partial charge < -0.3 is 10.2 Å². The lowest BCUT2D eigenvalue weighted by molar-refractivity contribution is 0.257. The van der Waals surface area contributed by atoms with E-state index in [0.29, 0.717) is 0 Å². The van der Waals surface area contributed by atoms with Crippen LogP contribution in [0.1, 0.15) is 40.0 Å². The molecule has 0 aromatic heterocycles. The molecular formula is C14H31N3. The fourth-order valence-corrected chi connectivity index (χ4v) is 2.33. The molecule has 0 spiro atoms. The van der Waals surface area contributed by atoms with Crippen LogP contribution < -0.4 is 5.32 Å². The van der Waals surface area contributed by atoms with Gasteiger partial charge in [-0.2, -0.15) is 0 Å². The summed E-state index contributed by atoms with van der Waals surface area (Å²) in [4.78, 5) is 5.13. The van der Waals surface area contributed by atoms with E-state index in [1.165, 1.54) is 52.0 Å². The third-order valence-corrected chi connectivity index (χ3v) is 3.65. The molecule has 0 saturated heterocycles. The Morgan fingerprint density at radius 2 is 1.59 bits per heavy atom. The zero-order valence-electron chi connectivity index (χ0n) is 12.0. The normalized spacial score (nSPS) is 16.1. The predicted octanol–water partition coefficient (Wildman–Crippen LogP) is 1.79. The Morgan fingerprint density at radius 1 is 0.941 bits per heavy atom. The Morgan fingerprint density at radius 3 is 2.12 bits per heavy atom. The number of hydrogen-bond donors (Lipinski definition) is 1. The first-order chi connectivity index (χ1) is 8.31. The van der Waals surface area contributed by atoms with Crippen LogP contribution in [0.2, 0.25) is 0 Å². The van der Waals surface area contributed by atoms with Crippen LogP contribution in [-0.2, 0) is 0 Å². The first kappa shape index (κ1) is 14.9. The number of hydrogen-bond acceptors (Lipinski definition) is 3. The van der Waals surface area contributed by atoms with Gasteiger partial charge in [0.1, 0.15) is 0 Å². The summed E-state index contributed by atoms with van der Waals surface area (Å²) < 4.78 is 0. The van der Waals surface area contributed by atoms with Crippen molar-refractivity contribution in [2.45, 2.75) is 46.1 Å². The Balaban J connectivity index is 1.98. The maximum atomic E-state index is 3.57. The smallest absolute Gasteiger partial charge is 0.0110 e. The van der Waals surface area contributed by atoms with E-state index in [1.807, 2.05) is 0 Å². The predicted molar refractivity (Wildman–Crippen MR) is 75.5 cm³/mol. The minimum atomic E-state index is 0.916. The van der Waals surface area contributed by atoms with Crippen molar-refractivity contribution >= 4 is 0 Å². The second kappa shape index (κ2) is 8.90. The zero-order chi connectivity index (χ0) is 12.5.